The Balaban J connectivity index is 2.21. The molecule has 0 aliphatic carbocycles. The van der Waals surface area contributed by atoms with Gasteiger partial charge in [0.1, 0.15) is 0 Å². The van der Waals surface area contributed by atoms with Crippen molar-refractivity contribution in [2.45, 2.75) is 26.4 Å². The Morgan fingerprint density at radius 2 is 2.27 bits per heavy atom. The Morgan fingerprint density at radius 1 is 1.47 bits per heavy atom. The summed E-state index contributed by atoms with van der Waals surface area (Å²) in [6.07, 6.45) is 1.85. The minimum Gasteiger partial charge on any atom is -0.350 e. The second kappa shape index (κ2) is 3.85. The number of benzene rings is 1. The second-order valence-corrected chi connectivity index (χ2v) is 4.01. The van der Waals surface area contributed by atoms with Gasteiger partial charge in [-0.25, -0.2) is 0 Å². The Bertz CT molecular complexity index is 422. The average molecular weight is 202 g/mol. The summed E-state index contributed by atoms with van der Waals surface area (Å²) in [6.45, 7) is 4.60. The number of nitrogens with zero attached hydrogens (tertiary/aromatic N) is 1. The van der Waals surface area contributed by atoms with E-state index in [1.807, 2.05) is 38.3 Å². The van der Waals surface area contributed by atoms with E-state index in [9.17, 15) is 4.79 Å². The second-order valence-electron chi connectivity index (χ2n) is 4.01. The standard InChI is InChI=1S/C12H14N2O/c1-8(2)14-12(15)9-3-4-10-6-13-7-11(10)5-9/h3-6,8H,7H2,1-2H3,(H,14,15). The van der Waals surface area contributed by atoms with Gasteiger partial charge in [-0.05, 0) is 37.1 Å². The van der Waals surface area contributed by atoms with Gasteiger partial charge >= 0.3 is 0 Å². The number of fused-ring (bicyclic) bond motifs is 1. The molecule has 0 aromatic heterocycles. The van der Waals surface area contributed by atoms with Gasteiger partial charge in [-0.15, -0.1) is 0 Å². The minimum atomic E-state index is -0.0142. The van der Waals surface area contributed by atoms with E-state index in [0.29, 0.717) is 12.1 Å². The summed E-state index contributed by atoms with van der Waals surface area (Å²) in [7, 11) is 0. The maximum absolute atomic E-state index is 11.7. The van der Waals surface area contributed by atoms with Gasteiger partial charge < -0.3 is 5.32 Å². The molecule has 0 bridgehead atoms. The molecule has 0 unspecified atom stereocenters. The van der Waals surface area contributed by atoms with Crippen LogP contribution < -0.4 is 5.32 Å². The molecule has 15 heavy (non-hydrogen) atoms. The lowest BCUT2D eigenvalue weighted by molar-refractivity contribution is 0.0943. The van der Waals surface area contributed by atoms with Gasteiger partial charge in [0.25, 0.3) is 5.91 Å². The van der Waals surface area contributed by atoms with Crippen LogP contribution in [0.25, 0.3) is 0 Å². The fraction of sp³-hybridized carbons (Fsp3) is 0.333. The molecule has 3 heteroatoms. The summed E-state index contributed by atoms with van der Waals surface area (Å²) < 4.78 is 0. The van der Waals surface area contributed by atoms with Crippen molar-refractivity contribution >= 4 is 12.1 Å². The molecule has 1 aliphatic rings. The fourth-order valence-electron chi connectivity index (χ4n) is 1.60. The maximum Gasteiger partial charge on any atom is 0.251 e. The monoisotopic (exact) mass is 202 g/mol. The van der Waals surface area contributed by atoms with Crippen molar-refractivity contribution in [1.82, 2.24) is 5.32 Å². The lowest BCUT2D eigenvalue weighted by atomic mass is 10.1. The molecule has 1 N–H and O–H groups in total. The normalized spacial score (nSPS) is 13.0. The third-order valence-electron chi connectivity index (χ3n) is 2.32. The summed E-state index contributed by atoms with van der Waals surface area (Å²) in [6, 6.07) is 5.87. The van der Waals surface area contributed by atoms with Crippen LogP contribution in [0.3, 0.4) is 0 Å². The summed E-state index contributed by atoms with van der Waals surface area (Å²) in [4.78, 5) is 15.9. The molecule has 0 spiro atoms. The van der Waals surface area contributed by atoms with Crippen LogP contribution in [0.2, 0.25) is 0 Å². The van der Waals surface area contributed by atoms with Crippen molar-refractivity contribution in [1.29, 1.82) is 0 Å². The minimum absolute atomic E-state index is 0.0142. The first kappa shape index (κ1) is 9.90. The molecule has 3 nitrogen and oxygen atoms in total. The first-order valence-corrected chi connectivity index (χ1v) is 5.10. The van der Waals surface area contributed by atoms with Crippen LogP contribution in [0.4, 0.5) is 0 Å². The van der Waals surface area contributed by atoms with Crippen LogP contribution >= 0.6 is 0 Å². The van der Waals surface area contributed by atoms with Gasteiger partial charge in [0.15, 0.2) is 0 Å². The first-order valence-electron chi connectivity index (χ1n) is 5.10. The molecule has 1 aliphatic heterocycles. The van der Waals surface area contributed by atoms with Gasteiger partial charge in [0.2, 0.25) is 0 Å². The van der Waals surface area contributed by atoms with Crippen LogP contribution in [0.1, 0.15) is 35.3 Å². The number of nitrogens with one attached hydrogen (secondary N) is 1. The predicted octanol–water partition coefficient (Wildman–Crippen LogP) is 1.76. The molecule has 0 saturated carbocycles. The van der Waals surface area contributed by atoms with Crippen LogP contribution in [0.15, 0.2) is 23.2 Å². The summed E-state index contributed by atoms with van der Waals surface area (Å²) >= 11 is 0. The van der Waals surface area contributed by atoms with Gasteiger partial charge in [-0.2, -0.15) is 0 Å². The van der Waals surface area contributed by atoms with Gasteiger partial charge in [0, 0.05) is 17.8 Å². The van der Waals surface area contributed by atoms with E-state index in [1.165, 1.54) is 0 Å². The molecule has 1 aromatic rings. The molecule has 1 aromatic carbocycles. The molecule has 0 fully saturated rings. The van der Waals surface area contributed by atoms with Crippen LogP contribution in [0, 0.1) is 0 Å². The van der Waals surface area contributed by atoms with Crippen LogP contribution in [0.5, 0.6) is 0 Å². The van der Waals surface area contributed by atoms with E-state index in [1.54, 1.807) is 0 Å². The highest BCUT2D eigenvalue weighted by Crippen LogP contribution is 2.16. The van der Waals surface area contributed by atoms with Crippen LogP contribution in [-0.2, 0) is 6.54 Å². The Labute approximate surface area is 89.2 Å². The van der Waals surface area contributed by atoms with Crippen LogP contribution in [-0.4, -0.2) is 18.2 Å². The molecule has 0 radical (unpaired) electrons. The van der Waals surface area contributed by atoms with Gasteiger partial charge in [-0.1, -0.05) is 6.07 Å². The largest absolute Gasteiger partial charge is 0.350 e. The number of amides is 1. The zero-order valence-corrected chi connectivity index (χ0v) is 8.95. The molecule has 1 heterocycles. The summed E-state index contributed by atoms with van der Waals surface area (Å²) in [5.41, 5.74) is 2.97. The molecule has 1 amide bonds. The van der Waals surface area contributed by atoms with E-state index in [2.05, 4.69) is 10.3 Å². The highest BCUT2D eigenvalue weighted by atomic mass is 16.1. The fourth-order valence-corrected chi connectivity index (χ4v) is 1.60. The Hall–Kier alpha value is -1.64. The Kier molecular flexibility index (Phi) is 2.54. The van der Waals surface area contributed by atoms with E-state index in [0.717, 1.165) is 11.1 Å². The van der Waals surface area contributed by atoms with Crippen molar-refractivity contribution in [2.24, 2.45) is 4.99 Å². The zero-order valence-electron chi connectivity index (χ0n) is 8.95. The molecule has 0 atom stereocenters. The molecular weight excluding hydrogens is 188 g/mol. The molecule has 0 saturated heterocycles. The number of aliphatic imine (C=N–C) groups is 1. The number of carbonyl (C=O) groups excluding carboxylic acids is 1. The summed E-state index contributed by atoms with van der Waals surface area (Å²) in [5.74, 6) is -0.0142. The smallest absolute Gasteiger partial charge is 0.251 e. The number of hydrogen-bond acceptors (Lipinski definition) is 2. The van der Waals surface area contributed by atoms with Crippen molar-refractivity contribution in [2.75, 3.05) is 0 Å². The summed E-state index contributed by atoms with van der Waals surface area (Å²) in [5, 5.41) is 2.87. The van der Waals surface area contributed by atoms with Crippen molar-refractivity contribution in [3.8, 4) is 0 Å². The van der Waals surface area contributed by atoms with E-state index in [4.69, 9.17) is 0 Å². The van der Waals surface area contributed by atoms with Gasteiger partial charge in [0.05, 0.1) is 6.54 Å². The zero-order chi connectivity index (χ0) is 10.8. The van der Waals surface area contributed by atoms with E-state index < -0.39 is 0 Å². The first-order chi connectivity index (χ1) is 7.16. The number of hydrogen-bond donors (Lipinski definition) is 1. The van der Waals surface area contributed by atoms with Crippen molar-refractivity contribution in [3.63, 3.8) is 0 Å². The third kappa shape index (κ3) is 2.06. The van der Waals surface area contributed by atoms with E-state index >= 15 is 0 Å². The molecule has 2 rings (SSSR count). The van der Waals surface area contributed by atoms with E-state index in [-0.39, 0.29) is 11.9 Å². The number of rotatable bonds is 2. The number of carbonyl (C=O) groups is 1. The highest BCUT2D eigenvalue weighted by Gasteiger charge is 2.11. The predicted molar refractivity (Wildman–Crippen MR) is 60.3 cm³/mol. The molecular formula is C12H14N2O. The lowest BCUT2D eigenvalue weighted by Gasteiger charge is -2.09. The average Bonchev–Trinajstić information content (AvgIpc) is 2.62. The SMILES string of the molecule is CC(C)NC(=O)c1ccc2c(c1)CN=C2. The Morgan fingerprint density at radius 3 is 3.00 bits per heavy atom. The van der Waals surface area contributed by atoms with Gasteiger partial charge in [-0.3, -0.25) is 9.79 Å². The van der Waals surface area contributed by atoms with Crippen molar-refractivity contribution in [3.05, 3.63) is 34.9 Å². The lowest BCUT2D eigenvalue weighted by Crippen LogP contribution is -2.30. The third-order valence-corrected chi connectivity index (χ3v) is 2.32. The topological polar surface area (TPSA) is 41.5 Å². The quantitative estimate of drug-likeness (QED) is 0.780. The highest BCUT2D eigenvalue weighted by molar-refractivity contribution is 5.96. The maximum atomic E-state index is 11.7. The molecule has 78 valence electrons. The van der Waals surface area contributed by atoms with Crippen molar-refractivity contribution < 1.29 is 4.79 Å².